The van der Waals surface area contributed by atoms with Crippen LogP contribution in [0.4, 0.5) is 5.69 Å². The van der Waals surface area contributed by atoms with Crippen LogP contribution in [0.15, 0.2) is 28.7 Å². The fourth-order valence-electron chi connectivity index (χ4n) is 0.978. The van der Waals surface area contributed by atoms with Crippen molar-refractivity contribution in [1.82, 2.24) is 0 Å². The number of rotatable bonds is 5. The molecule has 5 heteroatoms. The van der Waals surface area contributed by atoms with E-state index >= 15 is 0 Å². The van der Waals surface area contributed by atoms with Crippen molar-refractivity contribution < 1.29 is 9.90 Å². The largest absolute Gasteiger partial charge is 0.396 e. The van der Waals surface area contributed by atoms with Crippen molar-refractivity contribution in [3.8, 4) is 0 Å². The number of benzene rings is 1. The second-order valence-electron chi connectivity index (χ2n) is 2.80. The van der Waals surface area contributed by atoms with Gasteiger partial charge in [0.15, 0.2) is 0 Å². The Morgan fingerprint density at radius 1 is 1.47 bits per heavy atom. The molecule has 2 N–H and O–H groups in total. The van der Waals surface area contributed by atoms with Gasteiger partial charge in [0.1, 0.15) is 0 Å². The second-order valence-corrected chi connectivity index (χ2v) is 4.76. The summed E-state index contributed by atoms with van der Waals surface area (Å²) in [6.07, 6.45) is 0. The number of para-hydroxylation sites is 1. The number of halogens is 1. The maximum atomic E-state index is 11.4. The molecule has 0 saturated heterocycles. The molecular formula is C10H12BrNO2S. The Kier molecular flexibility index (Phi) is 5.75. The Balaban J connectivity index is 2.41. The van der Waals surface area contributed by atoms with Gasteiger partial charge in [-0.2, -0.15) is 0 Å². The van der Waals surface area contributed by atoms with E-state index in [2.05, 4.69) is 21.2 Å². The third kappa shape index (κ3) is 4.68. The molecule has 1 amide bonds. The number of carbonyl (C=O) groups is 1. The molecule has 0 aliphatic carbocycles. The highest BCUT2D eigenvalue weighted by Gasteiger charge is 2.04. The highest BCUT2D eigenvalue weighted by molar-refractivity contribution is 9.10. The smallest absolute Gasteiger partial charge is 0.234 e. The molecule has 0 saturated carbocycles. The molecule has 0 aromatic heterocycles. The third-order valence-electron chi connectivity index (χ3n) is 1.62. The van der Waals surface area contributed by atoms with Crippen LogP contribution in [-0.4, -0.2) is 29.1 Å². The number of thioether (sulfide) groups is 1. The van der Waals surface area contributed by atoms with Gasteiger partial charge in [-0.25, -0.2) is 0 Å². The first kappa shape index (κ1) is 12.5. The van der Waals surface area contributed by atoms with Gasteiger partial charge in [0.2, 0.25) is 5.91 Å². The van der Waals surface area contributed by atoms with Crippen LogP contribution in [-0.2, 0) is 4.79 Å². The standard InChI is InChI=1S/C10H12BrNO2S/c11-8-3-1-2-4-9(8)12-10(14)7-15-6-5-13/h1-4,13H,5-7H2,(H,12,14). The second kappa shape index (κ2) is 6.87. The number of hydrogen-bond acceptors (Lipinski definition) is 3. The lowest BCUT2D eigenvalue weighted by Crippen LogP contribution is -2.14. The minimum atomic E-state index is -0.0552. The van der Waals surface area contributed by atoms with Gasteiger partial charge in [-0.15, -0.1) is 11.8 Å². The normalized spacial score (nSPS) is 10.0. The minimum absolute atomic E-state index is 0.0552. The fraction of sp³-hybridized carbons (Fsp3) is 0.300. The number of carbonyl (C=O) groups excluding carboxylic acids is 1. The molecule has 0 heterocycles. The van der Waals surface area contributed by atoms with Crippen molar-refractivity contribution >= 4 is 39.3 Å². The van der Waals surface area contributed by atoms with Gasteiger partial charge >= 0.3 is 0 Å². The number of nitrogens with one attached hydrogen (secondary N) is 1. The number of hydrogen-bond donors (Lipinski definition) is 2. The molecule has 1 rings (SSSR count). The minimum Gasteiger partial charge on any atom is -0.396 e. The summed E-state index contributed by atoms with van der Waals surface area (Å²) < 4.78 is 0.866. The molecule has 0 spiro atoms. The van der Waals surface area contributed by atoms with E-state index in [1.54, 1.807) is 0 Å². The van der Waals surface area contributed by atoms with Gasteiger partial charge in [0.25, 0.3) is 0 Å². The molecule has 0 radical (unpaired) electrons. The maximum absolute atomic E-state index is 11.4. The molecule has 0 aliphatic heterocycles. The lowest BCUT2D eigenvalue weighted by molar-refractivity contribution is -0.113. The average Bonchev–Trinajstić information content (AvgIpc) is 2.22. The Labute approximate surface area is 101 Å². The van der Waals surface area contributed by atoms with E-state index in [0.29, 0.717) is 11.5 Å². The van der Waals surface area contributed by atoms with Gasteiger partial charge < -0.3 is 10.4 Å². The van der Waals surface area contributed by atoms with Crippen molar-refractivity contribution in [3.05, 3.63) is 28.7 Å². The van der Waals surface area contributed by atoms with Gasteiger partial charge in [-0.1, -0.05) is 12.1 Å². The van der Waals surface area contributed by atoms with Crippen molar-refractivity contribution in [1.29, 1.82) is 0 Å². The van der Waals surface area contributed by atoms with E-state index in [9.17, 15) is 4.79 Å². The molecule has 0 bridgehead atoms. The zero-order valence-electron chi connectivity index (χ0n) is 8.07. The summed E-state index contributed by atoms with van der Waals surface area (Å²) in [4.78, 5) is 11.4. The Bertz CT molecular complexity index is 333. The van der Waals surface area contributed by atoms with Crippen LogP contribution in [0.2, 0.25) is 0 Å². The fourth-order valence-corrected chi connectivity index (χ4v) is 1.89. The quantitative estimate of drug-likeness (QED) is 0.817. The topological polar surface area (TPSA) is 49.3 Å². The van der Waals surface area contributed by atoms with Crippen molar-refractivity contribution in [2.24, 2.45) is 0 Å². The molecule has 3 nitrogen and oxygen atoms in total. The van der Waals surface area contributed by atoms with E-state index in [4.69, 9.17) is 5.11 Å². The van der Waals surface area contributed by atoms with Gasteiger partial charge in [0, 0.05) is 10.2 Å². The van der Waals surface area contributed by atoms with Gasteiger partial charge in [-0.05, 0) is 28.1 Å². The van der Waals surface area contributed by atoms with Crippen LogP contribution >= 0.6 is 27.7 Å². The van der Waals surface area contributed by atoms with Crippen LogP contribution in [0.25, 0.3) is 0 Å². The van der Waals surface area contributed by atoms with Crippen LogP contribution in [0, 0.1) is 0 Å². The van der Waals surface area contributed by atoms with Crippen molar-refractivity contribution in [2.75, 3.05) is 23.4 Å². The summed E-state index contributed by atoms with van der Waals surface area (Å²) in [6, 6.07) is 7.46. The predicted octanol–water partition coefficient (Wildman–Crippen LogP) is 2.11. The molecule has 1 aromatic carbocycles. The van der Waals surface area contributed by atoms with Crippen LogP contribution in [0.5, 0.6) is 0 Å². The van der Waals surface area contributed by atoms with E-state index < -0.39 is 0 Å². The molecule has 0 atom stereocenters. The highest BCUT2D eigenvalue weighted by atomic mass is 79.9. The number of anilines is 1. The summed E-state index contributed by atoms with van der Waals surface area (Å²) in [5.74, 6) is 0.894. The van der Waals surface area contributed by atoms with E-state index in [1.165, 1.54) is 11.8 Å². The SMILES string of the molecule is O=C(CSCCO)Nc1ccccc1Br. The Hall–Kier alpha value is -0.520. The summed E-state index contributed by atoms with van der Waals surface area (Å²) in [7, 11) is 0. The summed E-state index contributed by atoms with van der Waals surface area (Å²) in [5.41, 5.74) is 0.770. The summed E-state index contributed by atoms with van der Waals surface area (Å²) >= 11 is 4.75. The molecule has 0 unspecified atom stereocenters. The third-order valence-corrected chi connectivity index (χ3v) is 3.25. The first-order valence-corrected chi connectivity index (χ1v) is 6.42. The number of amides is 1. The Morgan fingerprint density at radius 2 is 2.20 bits per heavy atom. The monoisotopic (exact) mass is 289 g/mol. The lowest BCUT2D eigenvalue weighted by atomic mass is 10.3. The van der Waals surface area contributed by atoms with Gasteiger partial charge in [0.05, 0.1) is 18.0 Å². The lowest BCUT2D eigenvalue weighted by Gasteiger charge is -2.06. The molecule has 1 aromatic rings. The first-order chi connectivity index (χ1) is 7.24. The van der Waals surface area contributed by atoms with E-state index in [-0.39, 0.29) is 12.5 Å². The summed E-state index contributed by atoms with van der Waals surface area (Å²) in [5, 5.41) is 11.3. The van der Waals surface area contributed by atoms with Gasteiger partial charge in [-0.3, -0.25) is 4.79 Å². The highest BCUT2D eigenvalue weighted by Crippen LogP contribution is 2.21. The van der Waals surface area contributed by atoms with Crippen LogP contribution < -0.4 is 5.32 Å². The molecular weight excluding hydrogens is 278 g/mol. The maximum Gasteiger partial charge on any atom is 0.234 e. The average molecular weight is 290 g/mol. The zero-order chi connectivity index (χ0) is 11.1. The molecule has 82 valence electrons. The zero-order valence-corrected chi connectivity index (χ0v) is 10.5. The van der Waals surface area contributed by atoms with Crippen molar-refractivity contribution in [3.63, 3.8) is 0 Å². The van der Waals surface area contributed by atoms with E-state index in [1.807, 2.05) is 24.3 Å². The number of aliphatic hydroxyl groups is 1. The Morgan fingerprint density at radius 3 is 2.87 bits per heavy atom. The van der Waals surface area contributed by atoms with Crippen molar-refractivity contribution in [2.45, 2.75) is 0 Å². The molecule has 15 heavy (non-hydrogen) atoms. The van der Waals surface area contributed by atoms with E-state index in [0.717, 1.165) is 10.2 Å². The number of aliphatic hydroxyl groups excluding tert-OH is 1. The molecule has 0 fully saturated rings. The van der Waals surface area contributed by atoms with Crippen LogP contribution in [0.1, 0.15) is 0 Å². The predicted molar refractivity (Wildman–Crippen MR) is 67.2 cm³/mol. The first-order valence-electron chi connectivity index (χ1n) is 4.47. The van der Waals surface area contributed by atoms with Crippen LogP contribution in [0.3, 0.4) is 0 Å². The molecule has 0 aliphatic rings. The summed E-state index contributed by atoms with van der Waals surface area (Å²) in [6.45, 7) is 0.104.